The Morgan fingerprint density at radius 3 is 2.55 bits per heavy atom. The summed E-state index contributed by atoms with van der Waals surface area (Å²) in [4.78, 5) is 38.8. The average molecular weight is 550 g/mol. The van der Waals surface area contributed by atoms with Gasteiger partial charge in [-0.15, -0.1) is 0 Å². The lowest BCUT2D eigenvalue weighted by molar-refractivity contribution is -0.126. The molecule has 0 radical (unpaired) electrons. The van der Waals surface area contributed by atoms with Gasteiger partial charge in [0, 0.05) is 18.3 Å². The molecule has 1 saturated heterocycles. The van der Waals surface area contributed by atoms with Crippen molar-refractivity contribution in [2.75, 3.05) is 18.4 Å². The lowest BCUT2D eigenvalue weighted by atomic mass is 9.84. The van der Waals surface area contributed by atoms with Gasteiger partial charge < -0.3 is 19.7 Å². The van der Waals surface area contributed by atoms with Crippen LogP contribution >= 0.6 is 0 Å². The first-order valence-electron chi connectivity index (χ1n) is 13.9. The Morgan fingerprint density at radius 1 is 1.18 bits per heavy atom. The van der Waals surface area contributed by atoms with Gasteiger partial charge in [-0.1, -0.05) is 27.2 Å². The highest BCUT2D eigenvalue weighted by atomic mass is 19.1. The number of hydrogen-bond donors (Lipinski definition) is 1. The van der Waals surface area contributed by atoms with Crippen molar-refractivity contribution in [3.05, 3.63) is 47.4 Å². The molecule has 5 heterocycles. The third-order valence-electron chi connectivity index (χ3n) is 7.86. The molecule has 0 aromatic carbocycles. The van der Waals surface area contributed by atoms with E-state index < -0.39 is 11.8 Å². The zero-order valence-corrected chi connectivity index (χ0v) is 23.6. The molecule has 3 aliphatic rings. The van der Waals surface area contributed by atoms with Crippen LogP contribution in [0.15, 0.2) is 30.6 Å². The van der Waals surface area contributed by atoms with Crippen molar-refractivity contribution in [3.63, 3.8) is 0 Å². The van der Waals surface area contributed by atoms with Gasteiger partial charge in [0.25, 0.3) is 0 Å². The number of rotatable bonds is 7. The van der Waals surface area contributed by atoms with Gasteiger partial charge in [-0.05, 0) is 61.8 Å². The fourth-order valence-corrected chi connectivity index (χ4v) is 4.75. The first kappa shape index (κ1) is 27.7. The molecule has 3 aromatic heterocycles. The number of fused-ring (bicyclic) bond motifs is 2. The lowest BCUT2D eigenvalue weighted by Gasteiger charge is -2.36. The van der Waals surface area contributed by atoms with E-state index in [2.05, 4.69) is 22.2 Å². The predicted octanol–water partition coefficient (Wildman–Crippen LogP) is 5.36. The van der Waals surface area contributed by atoms with Crippen molar-refractivity contribution in [1.82, 2.24) is 19.9 Å². The van der Waals surface area contributed by atoms with E-state index in [9.17, 15) is 14.0 Å². The monoisotopic (exact) mass is 549 g/mol. The number of aryl methyl sites for hydroxylation is 1. The van der Waals surface area contributed by atoms with Crippen molar-refractivity contribution < 1.29 is 23.5 Å². The van der Waals surface area contributed by atoms with Gasteiger partial charge in [0.15, 0.2) is 0 Å². The molecule has 2 fully saturated rings. The van der Waals surface area contributed by atoms with E-state index in [1.54, 1.807) is 23.2 Å². The van der Waals surface area contributed by atoms with Crippen LogP contribution in [-0.4, -0.2) is 63.2 Å². The number of nitrogens with one attached hydrogen (secondary N) is 1. The van der Waals surface area contributed by atoms with Gasteiger partial charge in [0.2, 0.25) is 12.3 Å². The molecule has 3 aromatic rings. The van der Waals surface area contributed by atoms with Gasteiger partial charge in [-0.2, -0.15) is 0 Å². The summed E-state index contributed by atoms with van der Waals surface area (Å²) in [7, 11) is 0. The summed E-state index contributed by atoms with van der Waals surface area (Å²) in [5.74, 6) is 1.76. The molecular weight excluding hydrogens is 513 g/mol. The molecule has 3 unspecified atom stereocenters. The number of nitrogens with zero attached hydrogens (tertiary/aromatic N) is 4. The summed E-state index contributed by atoms with van der Waals surface area (Å²) in [6, 6.07) is 5.50. The number of alkyl halides is 1. The van der Waals surface area contributed by atoms with Crippen LogP contribution < -0.4 is 10.1 Å². The Balaban J connectivity index is 0.000000582. The summed E-state index contributed by atoms with van der Waals surface area (Å²) >= 11 is 0. The summed E-state index contributed by atoms with van der Waals surface area (Å²) in [5.41, 5.74) is 1.70. The Labute approximate surface area is 233 Å². The molecule has 9 nitrogen and oxygen atoms in total. The van der Waals surface area contributed by atoms with Gasteiger partial charge in [0.1, 0.15) is 29.5 Å². The minimum absolute atomic E-state index is 0.0508. The third-order valence-corrected chi connectivity index (χ3v) is 7.86. The van der Waals surface area contributed by atoms with Crippen LogP contribution in [0.2, 0.25) is 0 Å². The number of cyclic esters (lactones) is 1. The van der Waals surface area contributed by atoms with Gasteiger partial charge >= 0.3 is 5.97 Å². The number of hydrogen-bond acceptors (Lipinski definition) is 8. The van der Waals surface area contributed by atoms with Gasteiger partial charge in [-0.25, -0.2) is 24.1 Å². The molecule has 10 heteroatoms. The van der Waals surface area contributed by atoms with E-state index in [4.69, 9.17) is 14.5 Å². The molecule has 2 aliphatic heterocycles. The highest BCUT2D eigenvalue weighted by molar-refractivity contribution is 5.93. The fourth-order valence-electron chi connectivity index (χ4n) is 4.75. The van der Waals surface area contributed by atoms with Gasteiger partial charge in [0.05, 0.1) is 29.7 Å². The Bertz CT molecular complexity index is 1420. The van der Waals surface area contributed by atoms with Crippen LogP contribution in [0, 0.1) is 5.92 Å². The van der Waals surface area contributed by atoms with Gasteiger partial charge in [-0.3, -0.25) is 4.79 Å². The number of ether oxygens (including phenoxy) is 2. The molecule has 1 amide bonds. The first-order chi connectivity index (χ1) is 19.1. The van der Waals surface area contributed by atoms with E-state index in [1.807, 2.05) is 40.0 Å². The SMILES string of the molecule is CC1CC1F.CCCc1cnc(OC2CN(C=O)C2)c2cnc(Nc3ccc4c(n3)C(C)C(C)(C)OC4=O)cc12. The standard InChI is InChI=1S/C26H29N5O4.C4H7F/c1-5-6-16-10-28-24(34-17-12-31(13-17)14-32)20-11-27-22(9-19(16)20)29-21-8-7-18-23(30-21)15(2)26(3,4)35-25(18)33;1-3-2-4(3)5/h7-11,14-15,17H,5-6,12-13H2,1-4H3,(H,27,29,30);3-4H,2H2,1H3. The average Bonchev–Trinajstić information content (AvgIpc) is 3.56. The number of carbonyl (C=O) groups is 2. The maximum absolute atomic E-state index is 12.4. The van der Waals surface area contributed by atoms with E-state index in [0.717, 1.165) is 42.0 Å². The summed E-state index contributed by atoms with van der Waals surface area (Å²) in [6.45, 7) is 11.0. The van der Waals surface area contributed by atoms with Crippen molar-refractivity contribution in [2.45, 2.75) is 77.7 Å². The van der Waals surface area contributed by atoms with E-state index in [1.165, 1.54) is 0 Å². The number of carbonyl (C=O) groups excluding carboxylic acids is 2. The number of aromatic nitrogens is 3. The highest BCUT2D eigenvalue weighted by Crippen LogP contribution is 2.38. The second-order valence-corrected chi connectivity index (χ2v) is 11.5. The Morgan fingerprint density at radius 2 is 1.90 bits per heavy atom. The minimum Gasteiger partial charge on any atom is -0.470 e. The van der Waals surface area contributed by atoms with Crippen molar-refractivity contribution in [1.29, 1.82) is 0 Å². The molecule has 6 rings (SSSR count). The van der Waals surface area contributed by atoms with Crippen LogP contribution in [0.3, 0.4) is 0 Å². The lowest BCUT2D eigenvalue weighted by Crippen LogP contribution is -2.52. The van der Waals surface area contributed by atoms with Crippen LogP contribution in [-0.2, 0) is 16.0 Å². The second kappa shape index (κ2) is 11.0. The Kier molecular flexibility index (Phi) is 7.61. The largest absolute Gasteiger partial charge is 0.470 e. The van der Waals surface area contributed by atoms with Crippen molar-refractivity contribution in [2.24, 2.45) is 5.92 Å². The molecule has 1 N–H and O–H groups in total. The quantitative estimate of drug-likeness (QED) is 0.310. The molecular formula is C30H36FN5O4. The first-order valence-corrected chi connectivity index (χ1v) is 13.9. The number of anilines is 2. The van der Waals surface area contributed by atoms with Crippen LogP contribution in [0.4, 0.5) is 16.0 Å². The predicted molar refractivity (Wildman–Crippen MR) is 150 cm³/mol. The third kappa shape index (κ3) is 5.71. The summed E-state index contributed by atoms with van der Waals surface area (Å²) in [5, 5.41) is 5.14. The molecule has 40 heavy (non-hydrogen) atoms. The van der Waals surface area contributed by atoms with E-state index in [-0.39, 0.29) is 18.0 Å². The maximum Gasteiger partial charge on any atom is 0.340 e. The minimum atomic E-state index is -0.626. The highest BCUT2D eigenvalue weighted by Gasteiger charge is 2.40. The molecule has 212 valence electrons. The van der Waals surface area contributed by atoms with E-state index in [0.29, 0.717) is 47.8 Å². The zero-order chi connectivity index (χ0) is 28.6. The van der Waals surface area contributed by atoms with Crippen molar-refractivity contribution >= 4 is 34.8 Å². The van der Waals surface area contributed by atoms with Crippen LogP contribution in [0.1, 0.15) is 75.0 Å². The second-order valence-electron chi connectivity index (χ2n) is 11.5. The van der Waals surface area contributed by atoms with Crippen molar-refractivity contribution in [3.8, 4) is 5.88 Å². The molecule has 0 bridgehead atoms. The molecule has 1 saturated carbocycles. The van der Waals surface area contributed by atoms with Crippen LogP contribution in [0.5, 0.6) is 5.88 Å². The Hall–Kier alpha value is -3.82. The summed E-state index contributed by atoms with van der Waals surface area (Å²) in [6.07, 6.45) is 6.59. The topological polar surface area (TPSA) is 107 Å². The number of halogens is 1. The smallest absolute Gasteiger partial charge is 0.340 e. The number of pyridine rings is 3. The van der Waals surface area contributed by atoms with Crippen LogP contribution in [0.25, 0.3) is 10.8 Å². The normalized spacial score (nSPS) is 22.8. The molecule has 3 atom stereocenters. The molecule has 0 spiro atoms. The molecule has 1 aliphatic carbocycles. The zero-order valence-electron chi connectivity index (χ0n) is 23.6. The number of likely N-dealkylation sites (tertiary alicyclic amines) is 1. The number of esters is 1. The maximum atomic E-state index is 12.4. The fraction of sp³-hybridized carbons (Fsp3) is 0.500. The summed E-state index contributed by atoms with van der Waals surface area (Å²) < 4.78 is 23.1. The van der Waals surface area contributed by atoms with E-state index >= 15 is 0 Å². The number of amides is 1.